The number of furan rings is 1. The molecule has 0 aliphatic carbocycles. The first-order valence-electron chi connectivity index (χ1n) is 10.2. The quantitative estimate of drug-likeness (QED) is 0.329. The third-order valence-electron chi connectivity index (χ3n) is 5.20. The van der Waals surface area contributed by atoms with Crippen LogP contribution in [0.1, 0.15) is 16.1 Å². The normalized spacial score (nSPS) is 13.1. The minimum Gasteiger partial charge on any atom is -0.491 e. The molecule has 0 radical (unpaired) electrons. The van der Waals surface area contributed by atoms with Crippen molar-refractivity contribution in [1.82, 2.24) is 9.89 Å². The lowest BCUT2D eigenvalue weighted by molar-refractivity contribution is -0.153. The standard InChI is InChI=1S/C23H15Cl2F3N4O3/c24-13-3-1-12(2-4-13)19-10-16(21(35-19)23(26,27)28)22(33)31-14-5-6-18-15(9-14)20-17(25)11-30-32(20)29-7-8-34-18/h1-6,9-11,29H,7-8H2,(H,31,33). The van der Waals surface area contributed by atoms with Crippen molar-refractivity contribution in [2.45, 2.75) is 6.18 Å². The fourth-order valence-corrected chi connectivity index (χ4v) is 4.00. The predicted octanol–water partition coefficient (Wildman–Crippen LogP) is 6.32. The number of nitrogens with zero attached hydrogens (tertiary/aromatic N) is 2. The van der Waals surface area contributed by atoms with Gasteiger partial charge in [-0.15, -0.1) is 0 Å². The number of anilines is 1. The van der Waals surface area contributed by atoms with Gasteiger partial charge in [0.15, 0.2) is 0 Å². The highest BCUT2D eigenvalue weighted by Gasteiger charge is 2.40. The van der Waals surface area contributed by atoms with Gasteiger partial charge in [-0.1, -0.05) is 23.2 Å². The topological polar surface area (TPSA) is 81.3 Å². The zero-order valence-electron chi connectivity index (χ0n) is 17.6. The lowest BCUT2D eigenvalue weighted by Gasteiger charge is -2.19. The van der Waals surface area contributed by atoms with Gasteiger partial charge in [-0.05, 0) is 48.5 Å². The number of benzene rings is 2. The van der Waals surface area contributed by atoms with Gasteiger partial charge < -0.3 is 19.9 Å². The van der Waals surface area contributed by atoms with E-state index < -0.39 is 23.4 Å². The van der Waals surface area contributed by atoms with Gasteiger partial charge in [0.1, 0.15) is 23.8 Å². The summed E-state index contributed by atoms with van der Waals surface area (Å²) in [5.41, 5.74) is 3.92. The predicted molar refractivity (Wildman–Crippen MR) is 125 cm³/mol. The Bertz CT molecular complexity index is 1410. The number of carbonyl (C=O) groups is 1. The van der Waals surface area contributed by atoms with Crippen LogP contribution in [-0.2, 0) is 6.18 Å². The van der Waals surface area contributed by atoms with Crippen LogP contribution in [0.25, 0.3) is 22.6 Å². The van der Waals surface area contributed by atoms with E-state index in [0.717, 1.165) is 6.07 Å². The van der Waals surface area contributed by atoms with Crippen molar-refractivity contribution < 1.29 is 27.1 Å². The molecule has 12 heteroatoms. The summed E-state index contributed by atoms with van der Waals surface area (Å²) in [5.74, 6) is -2.03. The van der Waals surface area contributed by atoms with Crippen LogP contribution in [0.4, 0.5) is 18.9 Å². The van der Waals surface area contributed by atoms with Crippen molar-refractivity contribution in [3.05, 3.63) is 76.1 Å². The van der Waals surface area contributed by atoms with Crippen LogP contribution in [0.5, 0.6) is 5.75 Å². The highest BCUT2D eigenvalue weighted by molar-refractivity contribution is 6.33. The van der Waals surface area contributed by atoms with Crippen LogP contribution in [0.15, 0.2) is 59.1 Å². The fourth-order valence-electron chi connectivity index (χ4n) is 3.65. The molecule has 7 nitrogen and oxygen atoms in total. The molecule has 1 aliphatic heterocycles. The Kier molecular flexibility index (Phi) is 5.86. The molecule has 0 fully saturated rings. The number of amides is 1. The summed E-state index contributed by atoms with van der Waals surface area (Å²) >= 11 is 12.1. The summed E-state index contributed by atoms with van der Waals surface area (Å²) in [6.07, 6.45) is -3.44. The summed E-state index contributed by atoms with van der Waals surface area (Å²) < 4.78 is 51.8. The molecule has 0 spiro atoms. The van der Waals surface area contributed by atoms with E-state index in [9.17, 15) is 18.0 Å². The molecule has 3 heterocycles. The maximum absolute atomic E-state index is 13.7. The fraction of sp³-hybridized carbons (Fsp3) is 0.130. The molecule has 0 saturated carbocycles. The van der Waals surface area contributed by atoms with Gasteiger partial charge in [-0.25, -0.2) is 0 Å². The number of hydrogen-bond donors (Lipinski definition) is 2. The second-order valence-corrected chi connectivity index (χ2v) is 8.38. The smallest absolute Gasteiger partial charge is 0.450 e. The van der Waals surface area contributed by atoms with Gasteiger partial charge in [0.25, 0.3) is 5.91 Å². The van der Waals surface area contributed by atoms with E-state index in [1.54, 1.807) is 12.1 Å². The van der Waals surface area contributed by atoms with E-state index in [-0.39, 0.29) is 11.4 Å². The molecule has 0 atom stereocenters. The molecule has 5 rings (SSSR count). The van der Waals surface area contributed by atoms with Gasteiger partial charge in [0.05, 0.1) is 23.3 Å². The van der Waals surface area contributed by atoms with Crippen molar-refractivity contribution >= 4 is 34.8 Å². The number of fused-ring (bicyclic) bond motifs is 3. The average molecular weight is 523 g/mol. The minimum atomic E-state index is -4.89. The maximum Gasteiger partial charge on any atom is 0.450 e. The number of nitrogens with one attached hydrogen (secondary N) is 2. The first-order valence-corrected chi connectivity index (χ1v) is 11.0. The van der Waals surface area contributed by atoms with Gasteiger partial charge in [-0.3, -0.25) is 4.79 Å². The van der Waals surface area contributed by atoms with Gasteiger partial charge in [0.2, 0.25) is 5.76 Å². The van der Waals surface area contributed by atoms with E-state index in [1.807, 2.05) is 0 Å². The molecule has 0 unspecified atom stereocenters. The molecule has 1 aliphatic rings. The van der Waals surface area contributed by atoms with Crippen LogP contribution in [0.2, 0.25) is 10.0 Å². The highest BCUT2D eigenvalue weighted by atomic mass is 35.5. The lowest BCUT2D eigenvalue weighted by atomic mass is 10.1. The van der Waals surface area contributed by atoms with Crippen LogP contribution >= 0.6 is 23.2 Å². The molecule has 2 aromatic carbocycles. The number of alkyl halides is 3. The Balaban J connectivity index is 1.50. The Labute approximate surface area is 206 Å². The Hall–Kier alpha value is -3.63. The molecular weight excluding hydrogens is 508 g/mol. The average Bonchev–Trinajstić information content (AvgIpc) is 3.40. The van der Waals surface area contributed by atoms with E-state index in [0.29, 0.717) is 45.8 Å². The number of ether oxygens (including phenoxy) is 1. The first kappa shape index (κ1) is 23.1. The van der Waals surface area contributed by atoms with Crippen molar-refractivity contribution in [1.29, 1.82) is 0 Å². The van der Waals surface area contributed by atoms with Crippen molar-refractivity contribution in [2.75, 3.05) is 23.9 Å². The van der Waals surface area contributed by atoms with E-state index in [4.69, 9.17) is 32.4 Å². The molecule has 2 N–H and O–H groups in total. The van der Waals surface area contributed by atoms with Crippen LogP contribution in [-0.4, -0.2) is 28.9 Å². The zero-order chi connectivity index (χ0) is 24.7. The van der Waals surface area contributed by atoms with E-state index >= 15 is 0 Å². The lowest BCUT2D eigenvalue weighted by Crippen LogP contribution is -2.25. The Morgan fingerprint density at radius 1 is 1.11 bits per heavy atom. The maximum atomic E-state index is 13.7. The van der Waals surface area contributed by atoms with E-state index in [2.05, 4.69) is 15.8 Å². The molecule has 0 saturated heterocycles. The minimum absolute atomic E-state index is 0.118. The largest absolute Gasteiger partial charge is 0.491 e. The molecule has 2 aromatic heterocycles. The van der Waals surface area contributed by atoms with Crippen LogP contribution < -0.4 is 15.5 Å². The number of hydrogen-bond acceptors (Lipinski definition) is 5. The molecule has 1 amide bonds. The van der Waals surface area contributed by atoms with Crippen molar-refractivity contribution in [3.63, 3.8) is 0 Å². The zero-order valence-corrected chi connectivity index (χ0v) is 19.1. The monoisotopic (exact) mass is 522 g/mol. The summed E-state index contributed by atoms with van der Waals surface area (Å²) in [5, 5.41) is 7.40. The second-order valence-electron chi connectivity index (χ2n) is 7.53. The SMILES string of the molecule is O=C(Nc1ccc2c(c1)-c1c(Cl)cnn1NCCO2)c1cc(-c2ccc(Cl)cc2)oc1C(F)(F)F. The van der Waals surface area contributed by atoms with Crippen molar-refractivity contribution in [3.8, 4) is 28.3 Å². The van der Waals surface area contributed by atoms with Gasteiger partial charge in [0, 0.05) is 21.8 Å². The molecule has 35 heavy (non-hydrogen) atoms. The number of carbonyl (C=O) groups excluding carboxylic acids is 1. The summed E-state index contributed by atoms with van der Waals surface area (Å²) in [6, 6.07) is 11.7. The summed E-state index contributed by atoms with van der Waals surface area (Å²) in [7, 11) is 0. The summed E-state index contributed by atoms with van der Waals surface area (Å²) in [6.45, 7) is 0.812. The van der Waals surface area contributed by atoms with E-state index in [1.165, 1.54) is 41.3 Å². The number of rotatable bonds is 3. The van der Waals surface area contributed by atoms with Gasteiger partial charge in [-0.2, -0.15) is 23.1 Å². The van der Waals surface area contributed by atoms with Crippen LogP contribution in [0.3, 0.4) is 0 Å². The first-order chi connectivity index (χ1) is 16.7. The molecule has 0 bridgehead atoms. The summed E-state index contributed by atoms with van der Waals surface area (Å²) in [4.78, 5) is 14.4. The third kappa shape index (κ3) is 4.54. The third-order valence-corrected chi connectivity index (χ3v) is 5.73. The number of halogens is 5. The molecule has 180 valence electrons. The number of aromatic nitrogens is 2. The molecular formula is C23H15Cl2F3N4O3. The Morgan fingerprint density at radius 3 is 2.63 bits per heavy atom. The Morgan fingerprint density at radius 2 is 1.89 bits per heavy atom. The highest BCUT2D eigenvalue weighted by Crippen LogP contribution is 2.39. The van der Waals surface area contributed by atoms with Crippen molar-refractivity contribution in [2.24, 2.45) is 0 Å². The van der Waals surface area contributed by atoms with Crippen LogP contribution in [0, 0.1) is 0 Å². The van der Waals surface area contributed by atoms with Gasteiger partial charge >= 0.3 is 6.18 Å². The molecule has 4 aromatic rings. The second kappa shape index (κ2) is 8.86.